The summed E-state index contributed by atoms with van der Waals surface area (Å²) in [6.07, 6.45) is 8.09. The van der Waals surface area contributed by atoms with Crippen LogP contribution >= 0.6 is 0 Å². The molecule has 0 spiro atoms. The van der Waals surface area contributed by atoms with Crippen LogP contribution in [-0.4, -0.2) is 6.10 Å². The molecule has 2 rings (SSSR count). The van der Waals surface area contributed by atoms with E-state index in [0.717, 1.165) is 17.7 Å². The molecule has 1 aromatic carbocycles. The molecule has 1 aliphatic rings. The Kier molecular flexibility index (Phi) is 3.62. The fourth-order valence-electron chi connectivity index (χ4n) is 1.93. The quantitative estimate of drug-likeness (QED) is 0.789. The van der Waals surface area contributed by atoms with Crippen LogP contribution in [0.3, 0.4) is 0 Å². The Morgan fingerprint density at radius 2 is 2.31 bits per heavy atom. The zero-order chi connectivity index (χ0) is 11.4. The molecule has 2 N–H and O–H groups in total. The highest BCUT2D eigenvalue weighted by Crippen LogP contribution is 2.21. The number of allylic oxidation sites excluding steroid dienone is 1. The zero-order valence-corrected chi connectivity index (χ0v) is 9.73. The van der Waals surface area contributed by atoms with Crippen LogP contribution in [-0.2, 0) is 0 Å². The summed E-state index contributed by atoms with van der Waals surface area (Å²) in [5, 5.41) is 0. The molecule has 0 saturated carbocycles. The van der Waals surface area contributed by atoms with Gasteiger partial charge in [-0.05, 0) is 50.0 Å². The highest BCUT2D eigenvalue weighted by Gasteiger charge is 2.10. The fourth-order valence-corrected chi connectivity index (χ4v) is 1.93. The maximum atomic E-state index is 5.90. The molecule has 0 amide bonds. The van der Waals surface area contributed by atoms with E-state index in [1.165, 1.54) is 12.8 Å². The maximum absolute atomic E-state index is 5.90. The molecule has 2 unspecified atom stereocenters. The predicted molar refractivity (Wildman–Crippen MR) is 66.5 cm³/mol. The highest BCUT2D eigenvalue weighted by molar-refractivity contribution is 5.30. The number of rotatable bonds is 3. The molecule has 0 saturated heterocycles. The molecule has 0 fully saturated rings. The van der Waals surface area contributed by atoms with Crippen LogP contribution in [0, 0.1) is 0 Å². The minimum Gasteiger partial charge on any atom is -0.486 e. The van der Waals surface area contributed by atoms with Crippen molar-refractivity contribution in [2.75, 3.05) is 0 Å². The molecule has 2 nitrogen and oxygen atoms in total. The van der Waals surface area contributed by atoms with Gasteiger partial charge < -0.3 is 10.5 Å². The molecular formula is C14H19NO. The monoisotopic (exact) mass is 217 g/mol. The fraction of sp³-hybridized carbons (Fsp3) is 0.429. The van der Waals surface area contributed by atoms with Gasteiger partial charge in [0.1, 0.15) is 11.9 Å². The minimum atomic E-state index is 0.0606. The van der Waals surface area contributed by atoms with E-state index in [1.807, 2.05) is 31.2 Å². The number of hydrogen-bond acceptors (Lipinski definition) is 2. The topological polar surface area (TPSA) is 35.2 Å². The van der Waals surface area contributed by atoms with Crippen molar-refractivity contribution in [1.82, 2.24) is 0 Å². The second kappa shape index (κ2) is 5.17. The van der Waals surface area contributed by atoms with Gasteiger partial charge >= 0.3 is 0 Å². The van der Waals surface area contributed by atoms with Gasteiger partial charge in [-0.2, -0.15) is 0 Å². The van der Waals surface area contributed by atoms with Crippen LogP contribution in [0.1, 0.15) is 37.8 Å². The lowest BCUT2D eigenvalue weighted by molar-refractivity contribution is 0.229. The van der Waals surface area contributed by atoms with Gasteiger partial charge in [-0.1, -0.05) is 18.2 Å². The summed E-state index contributed by atoms with van der Waals surface area (Å²) in [5.74, 6) is 0.923. The van der Waals surface area contributed by atoms with E-state index >= 15 is 0 Å². The maximum Gasteiger partial charge on any atom is 0.120 e. The van der Waals surface area contributed by atoms with Crippen LogP contribution in [0.5, 0.6) is 5.75 Å². The minimum absolute atomic E-state index is 0.0606. The molecule has 0 aliphatic heterocycles. The van der Waals surface area contributed by atoms with Crippen molar-refractivity contribution in [3.05, 3.63) is 42.0 Å². The first-order valence-electron chi connectivity index (χ1n) is 5.94. The van der Waals surface area contributed by atoms with Crippen LogP contribution in [0.2, 0.25) is 0 Å². The van der Waals surface area contributed by atoms with Gasteiger partial charge in [0, 0.05) is 6.04 Å². The zero-order valence-electron chi connectivity index (χ0n) is 9.73. The first-order chi connectivity index (χ1) is 7.75. The van der Waals surface area contributed by atoms with Crippen molar-refractivity contribution in [3.8, 4) is 5.75 Å². The van der Waals surface area contributed by atoms with Gasteiger partial charge in [0.2, 0.25) is 0 Å². The molecule has 0 aromatic heterocycles. The molecular weight excluding hydrogens is 198 g/mol. The normalized spacial score (nSPS) is 21.8. The van der Waals surface area contributed by atoms with E-state index in [0.29, 0.717) is 0 Å². The van der Waals surface area contributed by atoms with Crippen molar-refractivity contribution < 1.29 is 4.74 Å². The molecule has 2 heteroatoms. The third-order valence-electron chi connectivity index (χ3n) is 2.88. The summed E-state index contributed by atoms with van der Waals surface area (Å²) in [6, 6.07) is 8.13. The molecule has 1 aliphatic carbocycles. The van der Waals surface area contributed by atoms with E-state index < -0.39 is 0 Å². The Labute approximate surface area is 97.1 Å². The SMILES string of the molecule is CC(N)c1cccc(OC2C=CCCC2)c1. The van der Waals surface area contributed by atoms with Gasteiger partial charge in [0.05, 0.1) is 0 Å². The van der Waals surface area contributed by atoms with Gasteiger partial charge in [-0.25, -0.2) is 0 Å². The number of benzene rings is 1. The Morgan fingerprint density at radius 1 is 1.44 bits per heavy atom. The van der Waals surface area contributed by atoms with Crippen molar-refractivity contribution in [2.45, 2.75) is 38.3 Å². The summed E-state index contributed by atoms with van der Waals surface area (Å²) in [6.45, 7) is 1.99. The number of nitrogens with two attached hydrogens (primary N) is 1. The van der Waals surface area contributed by atoms with Gasteiger partial charge in [-0.3, -0.25) is 0 Å². The molecule has 86 valence electrons. The van der Waals surface area contributed by atoms with Crippen molar-refractivity contribution >= 4 is 0 Å². The van der Waals surface area contributed by atoms with E-state index in [-0.39, 0.29) is 12.1 Å². The summed E-state index contributed by atoms with van der Waals surface area (Å²) < 4.78 is 5.90. The number of ether oxygens (including phenoxy) is 1. The van der Waals surface area contributed by atoms with Crippen molar-refractivity contribution in [3.63, 3.8) is 0 Å². The molecule has 0 radical (unpaired) electrons. The Morgan fingerprint density at radius 3 is 3.00 bits per heavy atom. The smallest absolute Gasteiger partial charge is 0.120 e. The lowest BCUT2D eigenvalue weighted by Crippen LogP contribution is -2.16. The molecule has 16 heavy (non-hydrogen) atoms. The summed E-state index contributed by atoms with van der Waals surface area (Å²) in [4.78, 5) is 0. The average Bonchev–Trinajstić information content (AvgIpc) is 2.30. The van der Waals surface area contributed by atoms with Crippen LogP contribution in [0.15, 0.2) is 36.4 Å². The van der Waals surface area contributed by atoms with Crippen molar-refractivity contribution in [1.29, 1.82) is 0 Å². The second-order valence-electron chi connectivity index (χ2n) is 4.38. The average molecular weight is 217 g/mol. The van der Waals surface area contributed by atoms with Crippen LogP contribution in [0.25, 0.3) is 0 Å². The van der Waals surface area contributed by atoms with Gasteiger partial charge in [0.25, 0.3) is 0 Å². The molecule has 2 atom stereocenters. The van der Waals surface area contributed by atoms with Crippen LogP contribution < -0.4 is 10.5 Å². The Bertz CT molecular complexity index is 371. The lowest BCUT2D eigenvalue weighted by atomic mass is 10.1. The van der Waals surface area contributed by atoms with E-state index in [4.69, 9.17) is 10.5 Å². The first kappa shape index (κ1) is 11.2. The van der Waals surface area contributed by atoms with E-state index in [1.54, 1.807) is 0 Å². The van der Waals surface area contributed by atoms with E-state index in [9.17, 15) is 0 Å². The summed E-state index contributed by atoms with van der Waals surface area (Å²) in [7, 11) is 0. The summed E-state index contributed by atoms with van der Waals surface area (Å²) in [5.41, 5.74) is 6.97. The first-order valence-corrected chi connectivity index (χ1v) is 5.94. The van der Waals surface area contributed by atoms with Crippen LogP contribution in [0.4, 0.5) is 0 Å². The standard InChI is InChI=1S/C14H19NO/c1-11(15)12-6-5-9-14(10-12)16-13-7-3-2-4-8-13/h3,5-7,9-11,13H,2,4,8,15H2,1H3. The summed E-state index contributed by atoms with van der Waals surface area (Å²) >= 11 is 0. The Hall–Kier alpha value is -1.28. The Balaban J connectivity index is 2.06. The highest BCUT2D eigenvalue weighted by atomic mass is 16.5. The molecule has 0 heterocycles. The lowest BCUT2D eigenvalue weighted by Gasteiger charge is -2.19. The van der Waals surface area contributed by atoms with Gasteiger partial charge in [0.15, 0.2) is 0 Å². The second-order valence-corrected chi connectivity index (χ2v) is 4.38. The molecule has 1 aromatic rings. The predicted octanol–water partition coefficient (Wildman–Crippen LogP) is 3.19. The van der Waals surface area contributed by atoms with Crippen molar-refractivity contribution in [2.24, 2.45) is 5.73 Å². The third-order valence-corrected chi connectivity index (χ3v) is 2.88. The number of hydrogen-bond donors (Lipinski definition) is 1. The van der Waals surface area contributed by atoms with E-state index in [2.05, 4.69) is 12.2 Å². The largest absolute Gasteiger partial charge is 0.486 e. The third kappa shape index (κ3) is 2.86. The molecule has 0 bridgehead atoms. The van der Waals surface area contributed by atoms with Gasteiger partial charge in [-0.15, -0.1) is 0 Å².